The van der Waals surface area contributed by atoms with Gasteiger partial charge in [-0.15, -0.1) is 0 Å². The monoisotopic (exact) mass is 330 g/mol. The highest BCUT2D eigenvalue weighted by molar-refractivity contribution is 5.96. The van der Waals surface area contributed by atoms with Crippen LogP contribution in [0.2, 0.25) is 0 Å². The fourth-order valence-corrected chi connectivity index (χ4v) is 4.09. The number of aliphatic hydroxyl groups is 1. The van der Waals surface area contributed by atoms with E-state index in [1.54, 1.807) is 24.0 Å². The maximum absolute atomic E-state index is 12.5. The Morgan fingerprint density at radius 2 is 2.08 bits per heavy atom. The molecule has 2 N–H and O–H groups in total. The number of amides is 2. The van der Waals surface area contributed by atoms with Crippen LogP contribution in [0.4, 0.5) is 10.5 Å². The van der Waals surface area contributed by atoms with Crippen molar-refractivity contribution in [1.29, 1.82) is 0 Å². The first kappa shape index (κ1) is 17.0. The molecule has 0 spiro atoms. The Kier molecular flexibility index (Phi) is 4.63. The minimum Gasteiger partial charge on any atom is -0.389 e. The van der Waals surface area contributed by atoms with Crippen molar-refractivity contribution in [2.24, 2.45) is 5.92 Å². The maximum atomic E-state index is 12.5. The average Bonchev–Trinajstić information content (AvgIpc) is 2.53. The highest BCUT2D eigenvalue weighted by atomic mass is 16.3. The lowest BCUT2D eigenvalue weighted by Crippen LogP contribution is -2.55. The van der Waals surface area contributed by atoms with Crippen LogP contribution in [0.1, 0.15) is 54.9 Å². The zero-order chi connectivity index (χ0) is 17.3. The first-order valence-corrected chi connectivity index (χ1v) is 8.79. The van der Waals surface area contributed by atoms with Crippen LogP contribution < -0.4 is 5.32 Å². The van der Waals surface area contributed by atoms with Crippen LogP contribution in [-0.2, 0) is 0 Å². The summed E-state index contributed by atoms with van der Waals surface area (Å²) in [5.74, 6) is 0.213. The number of urea groups is 1. The number of anilines is 1. The van der Waals surface area contributed by atoms with Crippen LogP contribution in [0.3, 0.4) is 0 Å². The molecule has 2 atom stereocenters. The van der Waals surface area contributed by atoms with Crippen LogP contribution in [0.25, 0.3) is 0 Å². The van der Waals surface area contributed by atoms with Gasteiger partial charge in [0.15, 0.2) is 5.78 Å². The second-order valence-corrected chi connectivity index (χ2v) is 7.26. The third-order valence-electron chi connectivity index (χ3n) is 5.57. The number of carbonyl (C=O) groups is 2. The zero-order valence-electron chi connectivity index (χ0n) is 14.5. The first-order chi connectivity index (χ1) is 11.4. The van der Waals surface area contributed by atoms with Crippen LogP contribution >= 0.6 is 0 Å². The molecule has 1 heterocycles. The number of likely N-dealkylation sites (tertiary alicyclic amines) is 1. The lowest BCUT2D eigenvalue weighted by Gasteiger charge is -2.47. The van der Waals surface area contributed by atoms with E-state index in [1.165, 1.54) is 0 Å². The minimum atomic E-state index is -0.575. The summed E-state index contributed by atoms with van der Waals surface area (Å²) < 4.78 is 0. The van der Waals surface area contributed by atoms with Gasteiger partial charge in [0.1, 0.15) is 0 Å². The number of rotatable bonds is 2. The first-order valence-electron chi connectivity index (χ1n) is 8.79. The molecule has 1 aliphatic carbocycles. The van der Waals surface area contributed by atoms with Gasteiger partial charge in [-0.2, -0.15) is 0 Å². The van der Waals surface area contributed by atoms with Crippen LogP contribution in [0.5, 0.6) is 0 Å². The number of ketones is 1. The molecular formula is C19H26N2O3. The van der Waals surface area contributed by atoms with Gasteiger partial charge in [0, 0.05) is 30.3 Å². The number of carbonyl (C=O) groups excluding carboxylic acids is 2. The fraction of sp³-hybridized carbons (Fsp3) is 0.579. The highest BCUT2D eigenvalue weighted by Gasteiger charge is 2.43. The Hall–Kier alpha value is -1.88. The number of Topliss-reactive ketones (excluding diaryl/α,β-unsaturated/α-hetero) is 1. The van der Waals surface area contributed by atoms with Crippen molar-refractivity contribution >= 4 is 17.5 Å². The summed E-state index contributed by atoms with van der Waals surface area (Å²) >= 11 is 0. The summed E-state index contributed by atoms with van der Waals surface area (Å²) in [7, 11) is 0. The van der Waals surface area contributed by atoms with Crippen LogP contribution in [0, 0.1) is 12.8 Å². The van der Waals surface area contributed by atoms with E-state index in [2.05, 4.69) is 5.32 Å². The molecule has 1 aromatic carbocycles. The number of hydrogen-bond donors (Lipinski definition) is 2. The number of hydrogen-bond acceptors (Lipinski definition) is 3. The largest absolute Gasteiger partial charge is 0.389 e. The average molecular weight is 330 g/mol. The predicted molar refractivity (Wildman–Crippen MR) is 93.3 cm³/mol. The lowest BCUT2D eigenvalue weighted by atomic mass is 9.71. The van der Waals surface area contributed by atoms with Crippen molar-refractivity contribution in [3.05, 3.63) is 29.3 Å². The Morgan fingerprint density at radius 1 is 1.29 bits per heavy atom. The minimum absolute atomic E-state index is 0.0259. The van der Waals surface area contributed by atoms with Gasteiger partial charge >= 0.3 is 6.03 Å². The molecule has 5 heteroatoms. The van der Waals surface area contributed by atoms with Gasteiger partial charge in [0.05, 0.1) is 5.60 Å². The van der Waals surface area contributed by atoms with Crippen molar-refractivity contribution in [2.45, 2.75) is 51.6 Å². The fourth-order valence-electron chi connectivity index (χ4n) is 4.09. The van der Waals surface area contributed by atoms with Gasteiger partial charge in [-0.05, 0) is 56.9 Å². The van der Waals surface area contributed by atoms with E-state index >= 15 is 0 Å². The van der Waals surface area contributed by atoms with E-state index in [0.29, 0.717) is 30.8 Å². The Morgan fingerprint density at radius 3 is 2.79 bits per heavy atom. The third-order valence-corrected chi connectivity index (χ3v) is 5.57. The van der Waals surface area contributed by atoms with Crippen molar-refractivity contribution in [1.82, 2.24) is 4.90 Å². The summed E-state index contributed by atoms with van der Waals surface area (Å²) in [6.07, 6.45) is 4.73. The molecule has 1 aromatic rings. The van der Waals surface area contributed by atoms with Crippen LogP contribution in [-0.4, -0.2) is 40.5 Å². The molecule has 0 bridgehead atoms. The number of benzene rings is 1. The molecular weight excluding hydrogens is 304 g/mol. The summed E-state index contributed by atoms with van der Waals surface area (Å²) in [6.45, 7) is 4.62. The molecule has 5 nitrogen and oxygen atoms in total. The third kappa shape index (κ3) is 3.31. The number of fused-ring (bicyclic) bond motifs is 1. The predicted octanol–water partition coefficient (Wildman–Crippen LogP) is 3.36. The van der Waals surface area contributed by atoms with Gasteiger partial charge < -0.3 is 15.3 Å². The topological polar surface area (TPSA) is 69.6 Å². The molecule has 1 saturated carbocycles. The number of piperidine rings is 1. The molecule has 0 unspecified atom stereocenters. The molecule has 24 heavy (non-hydrogen) atoms. The molecule has 2 amide bonds. The second-order valence-electron chi connectivity index (χ2n) is 7.26. The molecule has 1 aliphatic heterocycles. The van der Waals surface area contributed by atoms with Gasteiger partial charge in [-0.25, -0.2) is 4.79 Å². The lowest BCUT2D eigenvalue weighted by molar-refractivity contribution is -0.0863. The number of nitrogens with one attached hydrogen (secondary N) is 1. The Labute approximate surface area is 143 Å². The van der Waals surface area contributed by atoms with Crippen molar-refractivity contribution < 1.29 is 14.7 Å². The van der Waals surface area contributed by atoms with Gasteiger partial charge in [0.25, 0.3) is 0 Å². The van der Waals surface area contributed by atoms with Gasteiger partial charge in [-0.3, -0.25) is 4.79 Å². The molecule has 2 aliphatic rings. The SMILES string of the molecule is CC(=O)c1ccc(NC(=O)N2CC[C@@]3(O)CCCC[C@H]3C2)cc1C. The van der Waals surface area contributed by atoms with Gasteiger partial charge in [0.2, 0.25) is 0 Å². The van der Waals surface area contributed by atoms with Crippen molar-refractivity contribution in [3.63, 3.8) is 0 Å². The van der Waals surface area contributed by atoms with E-state index in [1.807, 2.05) is 13.0 Å². The highest BCUT2D eigenvalue weighted by Crippen LogP contribution is 2.39. The van der Waals surface area contributed by atoms with Crippen molar-refractivity contribution in [2.75, 3.05) is 18.4 Å². The summed E-state index contributed by atoms with van der Waals surface area (Å²) in [5, 5.41) is 13.6. The molecule has 130 valence electrons. The number of nitrogens with zero attached hydrogens (tertiary/aromatic N) is 1. The summed E-state index contributed by atoms with van der Waals surface area (Å²) in [5.41, 5.74) is 1.67. The molecule has 0 aromatic heterocycles. The zero-order valence-corrected chi connectivity index (χ0v) is 14.5. The van der Waals surface area contributed by atoms with Gasteiger partial charge in [-0.1, -0.05) is 12.8 Å². The van der Waals surface area contributed by atoms with Crippen LogP contribution in [0.15, 0.2) is 18.2 Å². The second kappa shape index (κ2) is 6.55. The quantitative estimate of drug-likeness (QED) is 0.817. The van der Waals surface area contributed by atoms with E-state index < -0.39 is 5.60 Å². The van der Waals surface area contributed by atoms with E-state index in [0.717, 1.165) is 31.2 Å². The van der Waals surface area contributed by atoms with Crippen molar-refractivity contribution in [3.8, 4) is 0 Å². The molecule has 2 fully saturated rings. The standard InChI is InChI=1S/C19H26N2O3/c1-13-11-16(6-7-17(13)14(2)22)20-18(23)21-10-9-19(24)8-4-3-5-15(19)12-21/h6-7,11,15,24H,3-5,8-10,12H2,1-2H3,(H,20,23)/t15-,19-/m0/s1. The smallest absolute Gasteiger partial charge is 0.321 e. The van der Waals surface area contributed by atoms with E-state index in [-0.39, 0.29) is 17.7 Å². The Balaban J connectivity index is 1.65. The molecule has 0 radical (unpaired) electrons. The summed E-state index contributed by atoms with van der Waals surface area (Å²) in [4.78, 5) is 25.8. The van der Waals surface area contributed by atoms with E-state index in [9.17, 15) is 14.7 Å². The molecule has 1 saturated heterocycles. The normalized spacial score (nSPS) is 26.6. The summed E-state index contributed by atoms with van der Waals surface area (Å²) in [6, 6.07) is 5.22. The number of aryl methyl sites for hydroxylation is 1. The Bertz CT molecular complexity index is 658. The molecule has 3 rings (SSSR count). The van der Waals surface area contributed by atoms with E-state index in [4.69, 9.17) is 0 Å². The maximum Gasteiger partial charge on any atom is 0.321 e.